The molecule has 0 saturated heterocycles. The minimum atomic E-state index is -1.06. The number of carbonyl (C=O) groups is 1. The maximum Gasteiger partial charge on any atom is 0.322 e. The van der Waals surface area contributed by atoms with Crippen LogP contribution in [-0.2, 0) is 16.0 Å². The van der Waals surface area contributed by atoms with Crippen molar-refractivity contribution in [3.63, 3.8) is 0 Å². The number of hydrogen-bond acceptors (Lipinski definition) is 5. The van der Waals surface area contributed by atoms with Crippen molar-refractivity contribution in [1.82, 2.24) is 0 Å². The first-order chi connectivity index (χ1) is 7.97. The van der Waals surface area contributed by atoms with Gasteiger partial charge in [0.1, 0.15) is 6.04 Å². The number of hydrogen-bond donors (Lipinski definition) is 1. The Morgan fingerprint density at radius 3 is 2.82 bits per heavy atom. The molecule has 0 aromatic heterocycles. The third-order valence-electron chi connectivity index (χ3n) is 2.20. The highest BCUT2D eigenvalue weighted by atomic mass is 19.1. The summed E-state index contributed by atoms with van der Waals surface area (Å²) in [6, 6.07) is 2.59. The van der Waals surface area contributed by atoms with Crippen molar-refractivity contribution in [2.75, 3.05) is 7.11 Å². The SMILES string of the molecule is COC(=O)[C@H](N)Cc1cccc(F)c1[N+](=O)[O-]. The average molecular weight is 242 g/mol. The highest BCUT2D eigenvalue weighted by molar-refractivity contribution is 5.76. The Morgan fingerprint density at radius 1 is 1.65 bits per heavy atom. The third-order valence-corrected chi connectivity index (χ3v) is 2.20. The van der Waals surface area contributed by atoms with Gasteiger partial charge in [-0.1, -0.05) is 12.1 Å². The van der Waals surface area contributed by atoms with Gasteiger partial charge in [0.25, 0.3) is 0 Å². The quantitative estimate of drug-likeness (QED) is 0.478. The van der Waals surface area contributed by atoms with Gasteiger partial charge in [0, 0.05) is 12.0 Å². The molecule has 0 bridgehead atoms. The number of benzene rings is 1. The van der Waals surface area contributed by atoms with Crippen molar-refractivity contribution in [3.8, 4) is 0 Å². The summed E-state index contributed by atoms with van der Waals surface area (Å²) in [5, 5.41) is 10.7. The summed E-state index contributed by atoms with van der Waals surface area (Å²) >= 11 is 0. The Balaban J connectivity index is 3.02. The number of para-hydroxylation sites is 1. The fraction of sp³-hybridized carbons (Fsp3) is 0.300. The monoisotopic (exact) mass is 242 g/mol. The number of rotatable bonds is 4. The average Bonchev–Trinajstić information content (AvgIpc) is 2.27. The standard InChI is InChI=1S/C10H11FN2O4/c1-17-10(14)8(12)5-6-3-2-4-7(11)9(6)13(15)16/h2-4,8H,5,12H2,1H3/t8-/m1/s1. The van der Waals surface area contributed by atoms with Gasteiger partial charge in [-0.3, -0.25) is 14.9 Å². The van der Waals surface area contributed by atoms with E-state index in [0.29, 0.717) is 0 Å². The van der Waals surface area contributed by atoms with Crippen LogP contribution in [0.5, 0.6) is 0 Å². The van der Waals surface area contributed by atoms with Crippen molar-refractivity contribution in [1.29, 1.82) is 0 Å². The minimum Gasteiger partial charge on any atom is -0.468 e. The van der Waals surface area contributed by atoms with E-state index in [1.807, 2.05) is 0 Å². The van der Waals surface area contributed by atoms with Crippen molar-refractivity contribution in [3.05, 3.63) is 39.7 Å². The van der Waals surface area contributed by atoms with E-state index in [1.54, 1.807) is 0 Å². The first kappa shape index (κ1) is 13.0. The Kier molecular flexibility index (Phi) is 4.11. The first-order valence-corrected chi connectivity index (χ1v) is 4.72. The Labute approximate surface area is 96.3 Å². The van der Waals surface area contributed by atoms with Crippen LogP contribution in [0.2, 0.25) is 0 Å². The summed E-state index contributed by atoms with van der Waals surface area (Å²) in [5.41, 5.74) is 4.86. The molecule has 0 fully saturated rings. The Morgan fingerprint density at radius 2 is 2.29 bits per heavy atom. The molecule has 7 heteroatoms. The number of halogens is 1. The molecule has 1 aromatic rings. The van der Waals surface area contributed by atoms with Crippen molar-refractivity contribution in [2.45, 2.75) is 12.5 Å². The van der Waals surface area contributed by atoms with Gasteiger partial charge >= 0.3 is 11.7 Å². The molecule has 0 aliphatic carbocycles. The zero-order valence-electron chi connectivity index (χ0n) is 9.05. The maximum atomic E-state index is 13.2. The fourth-order valence-corrected chi connectivity index (χ4v) is 1.40. The predicted octanol–water partition coefficient (Wildman–Crippen LogP) is 0.777. The Hall–Kier alpha value is -2.02. The molecular formula is C10H11FN2O4. The van der Waals surface area contributed by atoms with E-state index in [0.717, 1.165) is 13.2 Å². The zero-order valence-corrected chi connectivity index (χ0v) is 9.05. The molecule has 0 aliphatic heterocycles. The number of nitro groups is 1. The highest BCUT2D eigenvalue weighted by Gasteiger charge is 2.23. The lowest BCUT2D eigenvalue weighted by molar-refractivity contribution is -0.388. The fourth-order valence-electron chi connectivity index (χ4n) is 1.40. The van der Waals surface area contributed by atoms with Crippen molar-refractivity contribution in [2.24, 2.45) is 5.73 Å². The number of nitrogens with zero attached hydrogens (tertiary/aromatic N) is 1. The molecule has 0 aliphatic rings. The van der Waals surface area contributed by atoms with Gasteiger partial charge in [-0.05, 0) is 6.07 Å². The van der Waals surface area contributed by atoms with Crippen LogP contribution in [0.15, 0.2) is 18.2 Å². The zero-order chi connectivity index (χ0) is 13.0. The lowest BCUT2D eigenvalue weighted by Crippen LogP contribution is -2.33. The summed E-state index contributed by atoms with van der Waals surface area (Å²) in [6.07, 6.45) is -0.152. The number of nitro benzene ring substituents is 1. The molecule has 0 radical (unpaired) electrons. The molecule has 1 atom stereocenters. The van der Waals surface area contributed by atoms with E-state index in [-0.39, 0.29) is 12.0 Å². The largest absolute Gasteiger partial charge is 0.468 e. The molecule has 17 heavy (non-hydrogen) atoms. The van der Waals surface area contributed by atoms with Crippen LogP contribution in [0.4, 0.5) is 10.1 Å². The number of nitrogens with two attached hydrogens (primary N) is 1. The highest BCUT2D eigenvalue weighted by Crippen LogP contribution is 2.23. The number of carbonyl (C=O) groups excluding carboxylic acids is 1. The lowest BCUT2D eigenvalue weighted by atomic mass is 10.0. The van der Waals surface area contributed by atoms with E-state index >= 15 is 0 Å². The topological polar surface area (TPSA) is 95.5 Å². The molecule has 1 aromatic carbocycles. The van der Waals surface area contributed by atoms with Crippen LogP contribution in [0.1, 0.15) is 5.56 Å². The van der Waals surface area contributed by atoms with Crippen LogP contribution in [0, 0.1) is 15.9 Å². The summed E-state index contributed by atoms with van der Waals surface area (Å²) in [4.78, 5) is 20.9. The molecule has 0 heterocycles. The van der Waals surface area contributed by atoms with Gasteiger partial charge < -0.3 is 10.5 Å². The van der Waals surface area contributed by atoms with Crippen LogP contribution in [-0.4, -0.2) is 24.0 Å². The van der Waals surface area contributed by atoms with Gasteiger partial charge in [0.05, 0.1) is 12.0 Å². The molecule has 6 nitrogen and oxygen atoms in total. The van der Waals surface area contributed by atoms with Crippen molar-refractivity contribution >= 4 is 11.7 Å². The molecule has 0 spiro atoms. The molecule has 0 saturated carbocycles. The molecular weight excluding hydrogens is 231 g/mol. The minimum absolute atomic E-state index is 0.0629. The number of ether oxygens (including phenoxy) is 1. The van der Waals surface area contributed by atoms with Crippen LogP contribution in [0.25, 0.3) is 0 Å². The summed E-state index contributed by atoms with van der Waals surface area (Å²) in [5.74, 6) is -1.66. The number of esters is 1. The third kappa shape index (κ3) is 2.97. The van der Waals surface area contributed by atoms with E-state index in [1.165, 1.54) is 12.1 Å². The van der Waals surface area contributed by atoms with Crippen LogP contribution < -0.4 is 5.73 Å². The predicted molar refractivity (Wildman–Crippen MR) is 56.7 cm³/mol. The van der Waals surface area contributed by atoms with Crippen LogP contribution >= 0.6 is 0 Å². The van der Waals surface area contributed by atoms with E-state index in [9.17, 15) is 19.3 Å². The van der Waals surface area contributed by atoms with Gasteiger partial charge in [-0.15, -0.1) is 0 Å². The normalized spacial score (nSPS) is 11.9. The smallest absolute Gasteiger partial charge is 0.322 e. The van der Waals surface area contributed by atoms with E-state index < -0.39 is 28.4 Å². The molecule has 92 valence electrons. The first-order valence-electron chi connectivity index (χ1n) is 4.72. The van der Waals surface area contributed by atoms with Gasteiger partial charge in [0.15, 0.2) is 0 Å². The van der Waals surface area contributed by atoms with Gasteiger partial charge in [0.2, 0.25) is 5.82 Å². The molecule has 0 amide bonds. The van der Waals surface area contributed by atoms with E-state index in [2.05, 4.69) is 4.74 Å². The van der Waals surface area contributed by atoms with Crippen LogP contribution in [0.3, 0.4) is 0 Å². The summed E-state index contributed by atoms with van der Waals surface area (Å²) in [7, 11) is 1.15. The van der Waals surface area contributed by atoms with E-state index in [4.69, 9.17) is 5.73 Å². The molecule has 2 N–H and O–H groups in total. The summed E-state index contributed by atoms with van der Waals surface area (Å²) < 4.78 is 17.6. The molecule has 1 rings (SSSR count). The second-order valence-corrected chi connectivity index (χ2v) is 3.34. The lowest BCUT2D eigenvalue weighted by Gasteiger charge is -2.09. The Bertz CT molecular complexity index is 450. The van der Waals surface area contributed by atoms with Gasteiger partial charge in [-0.2, -0.15) is 4.39 Å². The van der Waals surface area contributed by atoms with Gasteiger partial charge in [-0.25, -0.2) is 0 Å². The number of methoxy groups -OCH3 is 1. The molecule has 0 unspecified atom stereocenters. The summed E-state index contributed by atoms with van der Waals surface area (Å²) in [6.45, 7) is 0. The second-order valence-electron chi connectivity index (χ2n) is 3.34. The maximum absolute atomic E-state index is 13.2. The van der Waals surface area contributed by atoms with Crippen molar-refractivity contribution < 1.29 is 18.8 Å². The second kappa shape index (κ2) is 5.35.